The van der Waals surface area contributed by atoms with E-state index in [0.29, 0.717) is 21.9 Å². The molecule has 0 spiro atoms. The average Bonchev–Trinajstić information content (AvgIpc) is 2.79. The standard InChI is InChI=1S/C14H14N2O3S/c1-8-7-20-14(11(8)12(15)17)16-13(18)9-5-3-4-6-10(9)19-2/h3-7H,1-2H3,(H2,15,17)(H,16,18). The van der Waals surface area contributed by atoms with Gasteiger partial charge in [-0.2, -0.15) is 0 Å². The third kappa shape index (κ3) is 2.65. The molecule has 0 saturated heterocycles. The maximum absolute atomic E-state index is 12.2. The van der Waals surface area contributed by atoms with Gasteiger partial charge in [-0.05, 0) is 30.0 Å². The highest BCUT2D eigenvalue weighted by molar-refractivity contribution is 7.15. The minimum absolute atomic E-state index is 0.341. The highest BCUT2D eigenvalue weighted by Gasteiger charge is 2.18. The van der Waals surface area contributed by atoms with Crippen LogP contribution >= 0.6 is 11.3 Å². The van der Waals surface area contributed by atoms with E-state index in [1.807, 2.05) is 0 Å². The Morgan fingerprint density at radius 3 is 2.65 bits per heavy atom. The molecule has 0 saturated carbocycles. The van der Waals surface area contributed by atoms with Gasteiger partial charge < -0.3 is 15.8 Å². The number of carbonyl (C=O) groups excluding carboxylic acids is 2. The van der Waals surface area contributed by atoms with Gasteiger partial charge in [-0.15, -0.1) is 11.3 Å². The van der Waals surface area contributed by atoms with Crippen molar-refractivity contribution in [2.45, 2.75) is 6.92 Å². The summed E-state index contributed by atoms with van der Waals surface area (Å²) in [6.45, 7) is 1.77. The Hall–Kier alpha value is -2.34. The zero-order valence-corrected chi connectivity index (χ0v) is 11.9. The third-order valence-corrected chi connectivity index (χ3v) is 3.81. The zero-order chi connectivity index (χ0) is 14.7. The molecular formula is C14H14N2O3S. The fourth-order valence-electron chi connectivity index (χ4n) is 1.85. The minimum Gasteiger partial charge on any atom is -0.496 e. The van der Waals surface area contributed by atoms with Crippen molar-refractivity contribution < 1.29 is 14.3 Å². The van der Waals surface area contributed by atoms with Crippen molar-refractivity contribution in [3.8, 4) is 5.75 Å². The van der Waals surface area contributed by atoms with Crippen LogP contribution < -0.4 is 15.8 Å². The molecule has 0 atom stereocenters. The molecule has 0 unspecified atom stereocenters. The molecular weight excluding hydrogens is 276 g/mol. The van der Waals surface area contributed by atoms with Crippen molar-refractivity contribution in [2.24, 2.45) is 5.73 Å². The number of benzene rings is 1. The molecule has 6 heteroatoms. The highest BCUT2D eigenvalue weighted by Crippen LogP contribution is 2.28. The van der Waals surface area contributed by atoms with Crippen molar-refractivity contribution in [2.75, 3.05) is 12.4 Å². The van der Waals surface area contributed by atoms with Crippen LogP contribution in [0.5, 0.6) is 5.75 Å². The van der Waals surface area contributed by atoms with Crippen molar-refractivity contribution in [1.82, 2.24) is 0 Å². The second-order valence-corrected chi connectivity index (χ2v) is 5.02. The van der Waals surface area contributed by atoms with Crippen LogP contribution in [-0.4, -0.2) is 18.9 Å². The molecule has 0 fully saturated rings. The van der Waals surface area contributed by atoms with E-state index in [-0.39, 0.29) is 5.91 Å². The lowest BCUT2D eigenvalue weighted by Gasteiger charge is -2.08. The molecule has 5 nitrogen and oxygen atoms in total. The van der Waals surface area contributed by atoms with Gasteiger partial charge in [-0.3, -0.25) is 9.59 Å². The Labute approximate surface area is 120 Å². The summed E-state index contributed by atoms with van der Waals surface area (Å²) in [5.41, 5.74) is 6.82. The summed E-state index contributed by atoms with van der Waals surface area (Å²) in [6.07, 6.45) is 0. The lowest BCUT2D eigenvalue weighted by molar-refractivity contribution is 0.100. The van der Waals surface area contributed by atoms with Crippen LogP contribution in [0.3, 0.4) is 0 Å². The predicted octanol–water partition coefficient (Wildman–Crippen LogP) is 2.42. The van der Waals surface area contributed by atoms with E-state index < -0.39 is 5.91 Å². The third-order valence-electron chi connectivity index (χ3n) is 2.80. The summed E-state index contributed by atoms with van der Waals surface area (Å²) in [4.78, 5) is 23.6. The first-order valence-electron chi connectivity index (χ1n) is 5.87. The molecule has 104 valence electrons. The normalized spacial score (nSPS) is 10.1. The van der Waals surface area contributed by atoms with Gasteiger partial charge in [-0.25, -0.2) is 0 Å². The van der Waals surface area contributed by atoms with Crippen LogP contribution in [0.2, 0.25) is 0 Å². The molecule has 0 aliphatic carbocycles. The van der Waals surface area contributed by atoms with E-state index in [9.17, 15) is 9.59 Å². The Kier molecular flexibility index (Phi) is 4.05. The molecule has 2 rings (SSSR count). The topological polar surface area (TPSA) is 81.4 Å². The Morgan fingerprint density at radius 2 is 2.00 bits per heavy atom. The zero-order valence-electron chi connectivity index (χ0n) is 11.1. The number of para-hydroxylation sites is 1. The van der Waals surface area contributed by atoms with Gasteiger partial charge in [0.25, 0.3) is 11.8 Å². The van der Waals surface area contributed by atoms with Crippen LogP contribution in [0.1, 0.15) is 26.3 Å². The van der Waals surface area contributed by atoms with Gasteiger partial charge in [0.15, 0.2) is 0 Å². The molecule has 1 aromatic heterocycles. The van der Waals surface area contributed by atoms with Crippen molar-refractivity contribution >= 4 is 28.2 Å². The van der Waals surface area contributed by atoms with E-state index in [2.05, 4.69) is 5.32 Å². The lowest BCUT2D eigenvalue weighted by atomic mass is 10.1. The van der Waals surface area contributed by atoms with Crippen molar-refractivity contribution in [1.29, 1.82) is 0 Å². The molecule has 0 radical (unpaired) electrons. The maximum atomic E-state index is 12.2. The van der Waals surface area contributed by atoms with E-state index in [1.54, 1.807) is 36.6 Å². The fourth-order valence-corrected chi connectivity index (χ4v) is 2.79. The summed E-state index contributed by atoms with van der Waals surface area (Å²) in [5.74, 6) is -0.426. The molecule has 2 aromatic rings. The second-order valence-electron chi connectivity index (χ2n) is 4.14. The number of rotatable bonds is 4. The first kappa shape index (κ1) is 14.1. The largest absolute Gasteiger partial charge is 0.496 e. The molecule has 2 amide bonds. The maximum Gasteiger partial charge on any atom is 0.260 e. The lowest BCUT2D eigenvalue weighted by Crippen LogP contribution is -2.17. The van der Waals surface area contributed by atoms with E-state index >= 15 is 0 Å². The molecule has 0 aliphatic rings. The number of primary amides is 1. The smallest absolute Gasteiger partial charge is 0.260 e. The van der Waals surface area contributed by atoms with Crippen LogP contribution in [0.25, 0.3) is 0 Å². The molecule has 3 N–H and O–H groups in total. The Balaban J connectivity index is 2.31. The summed E-state index contributed by atoms with van der Waals surface area (Å²) in [7, 11) is 1.50. The quantitative estimate of drug-likeness (QED) is 0.907. The van der Waals surface area contributed by atoms with Gasteiger partial charge in [0.1, 0.15) is 10.8 Å². The summed E-state index contributed by atoms with van der Waals surface area (Å²) in [5, 5.41) is 4.93. The number of thiophene rings is 1. The summed E-state index contributed by atoms with van der Waals surface area (Å²) in [6, 6.07) is 6.87. The first-order chi connectivity index (χ1) is 9.54. The van der Waals surface area contributed by atoms with Gasteiger partial charge >= 0.3 is 0 Å². The van der Waals surface area contributed by atoms with E-state index in [0.717, 1.165) is 5.56 Å². The molecule has 0 aliphatic heterocycles. The Morgan fingerprint density at radius 1 is 1.30 bits per heavy atom. The summed E-state index contributed by atoms with van der Waals surface area (Å²) >= 11 is 1.27. The van der Waals surface area contributed by atoms with Crippen molar-refractivity contribution in [3.05, 3.63) is 46.3 Å². The molecule has 20 heavy (non-hydrogen) atoms. The van der Waals surface area contributed by atoms with E-state index in [4.69, 9.17) is 10.5 Å². The number of anilines is 1. The van der Waals surface area contributed by atoms with Gasteiger partial charge in [0.2, 0.25) is 0 Å². The van der Waals surface area contributed by atoms with Gasteiger partial charge in [0.05, 0.1) is 18.2 Å². The predicted molar refractivity (Wildman–Crippen MR) is 78.5 cm³/mol. The number of nitrogens with one attached hydrogen (secondary N) is 1. The molecule has 1 heterocycles. The van der Waals surface area contributed by atoms with Gasteiger partial charge in [0, 0.05) is 0 Å². The van der Waals surface area contributed by atoms with Crippen LogP contribution in [-0.2, 0) is 0 Å². The van der Waals surface area contributed by atoms with Crippen LogP contribution in [0.15, 0.2) is 29.6 Å². The van der Waals surface area contributed by atoms with Crippen LogP contribution in [0, 0.1) is 6.92 Å². The number of carbonyl (C=O) groups is 2. The molecule has 1 aromatic carbocycles. The minimum atomic E-state index is -0.556. The summed E-state index contributed by atoms with van der Waals surface area (Å²) < 4.78 is 5.14. The second kappa shape index (κ2) is 5.75. The number of ether oxygens (including phenoxy) is 1. The Bertz CT molecular complexity index is 664. The molecule has 0 bridgehead atoms. The average molecular weight is 290 g/mol. The van der Waals surface area contributed by atoms with Crippen LogP contribution in [0.4, 0.5) is 5.00 Å². The fraction of sp³-hybridized carbons (Fsp3) is 0.143. The SMILES string of the molecule is COc1ccccc1C(=O)Nc1scc(C)c1C(N)=O. The number of nitrogens with two attached hydrogens (primary N) is 1. The number of aryl methyl sites for hydroxylation is 1. The highest BCUT2D eigenvalue weighted by atomic mass is 32.1. The number of methoxy groups -OCH3 is 1. The monoisotopic (exact) mass is 290 g/mol. The van der Waals surface area contributed by atoms with Gasteiger partial charge in [-0.1, -0.05) is 12.1 Å². The number of amides is 2. The first-order valence-corrected chi connectivity index (χ1v) is 6.74. The van der Waals surface area contributed by atoms with E-state index in [1.165, 1.54) is 18.4 Å². The van der Waals surface area contributed by atoms with Crippen molar-refractivity contribution in [3.63, 3.8) is 0 Å². The number of hydrogen-bond donors (Lipinski definition) is 2. The number of hydrogen-bond acceptors (Lipinski definition) is 4.